The molecular weight excluding hydrogens is 220 g/mol. The van der Waals surface area contributed by atoms with Crippen LogP contribution in [-0.2, 0) is 0 Å². The monoisotopic (exact) mass is 242 g/mol. The lowest BCUT2D eigenvalue weighted by atomic mass is 9.96. The Morgan fingerprint density at radius 1 is 1.38 bits per heavy atom. The fourth-order valence-corrected chi connectivity index (χ4v) is 2.04. The molecule has 1 aliphatic carbocycles. The maximum atomic E-state index is 9.62. The van der Waals surface area contributed by atoms with Gasteiger partial charge in [0.1, 0.15) is 6.10 Å². The van der Waals surface area contributed by atoms with Crippen LogP contribution >= 0.6 is 12.2 Å². The van der Waals surface area contributed by atoms with Crippen LogP contribution in [0.5, 0.6) is 0 Å². The summed E-state index contributed by atoms with van der Waals surface area (Å²) in [4.78, 5) is 0.639. The van der Waals surface area contributed by atoms with E-state index in [9.17, 15) is 5.11 Å². The first-order valence-electron chi connectivity index (χ1n) is 6.02. The molecule has 16 heavy (non-hydrogen) atoms. The highest BCUT2D eigenvalue weighted by molar-refractivity contribution is 7.81. The van der Waals surface area contributed by atoms with Crippen LogP contribution < -0.4 is 10.6 Å². The molecule has 92 valence electrons. The van der Waals surface area contributed by atoms with Crippen molar-refractivity contribution in [2.45, 2.75) is 39.7 Å². The van der Waals surface area contributed by atoms with Crippen molar-refractivity contribution in [2.75, 3.05) is 13.1 Å². The third kappa shape index (κ3) is 3.19. The largest absolute Gasteiger partial charge is 0.384 e. The SMILES string of the molecule is CCNC1=C(NCCCC(C)C)C(=S)C1O. The van der Waals surface area contributed by atoms with Gasteiger partial charge in [0.25, 0.3) is 0 Å². The van der Waals surface area contributed by atoms with E-state index in [0.29, 0.717) is 4.86 Å². The van der Waals surface area contributed by atoms with Gasteiger partial charge in [-0.2, -0.15) is 0 Å². The normalized spacial score (nSPS) is 20.1. The van der Waals surface area contributed by atoms with Crippen LogP contribution in [0.1, 0.15) is 33.6 Å². The van der Waals surface area contributed by atoms with Crippen LogP contribution in [0, 0.1) is 5.92 Å². The number of likely N-dealkylation sites (N-methyl/N-ethyl adjacent to an activating group) is 1. The highest BCUT2D eigenvalue weighted by Gasteiger charge is 2.33. The Bertz CT molecular complexity index is 287. The zero-order valence-electron chi connectivity index (χ0n) is 10.3. The average Bonchev–Trinajstić information content (AvgIpc) is 2.26. The van der Waals surface area contributed by atoms with Crippen LogP contribution in [0.25, 0.3) is 0 Å². The molecule has 4 heteroatoms. The van der Waals surface area contributed by atoms with Gasteiger partial charge in [0.05, 0.1) is 16.3 Å². The molecule has 1 atom stereocenters. The van der Waals surface area contributed by atoms with E-state index in [2.05, 4.69) is 24.5 Å². The van der Waals surface area contributed by atoms with E-state index in [1.165, 1.54) is 6.42 Å². The Hall–Kier alpha value is -0.610. The predicted molar refractivity (Wildman–Crippen MR) is 71.4 cm³/mol. The van der Waals surface area contributed by atoms with Crippen molar-refractivity contribution in [1.29, 1.82) is 0 Å². The maximum Gasteiger partial charge on any atom is 0.133 e. The number of aliphatic hydroxyl groups is 1. The Balaban J connectivity index is 2.37. The van der Waals surface area contributed by atoms with Gasteiger partial charge in [-0.05, 0) is 25.7 Å². The number of hydrogen-bond donors (Lipinski definition) is 3. The zero-order valence-corrected chi connectivity index (χ0v) is 11.2. The van der Waals surface area contributed by atoms with Crippen LogP contribution in [0.15, 0.2) is 11.4 Å². The van der Waals surface area contributed by atoms with Crippen molar-refractivity contribution in [1.82, 2.24) is 10.6 Å². The highest BCUT2D eigenvalue weighted by Crippen LogP contribution is 2.21. The number of thiocarbonyl (C=S) groups is 1. The minimum Gasteiger partial charge on any atom is -0.384 e. The Kier molecular flexibility index (Phi) is 5.22. The summed E-state index contributed by atoms with van der Waals surface area (Å²) in [6, 6.07) is 0. The van der Waals surface area contributed by atoms with Crippen LogP contribution in [0.4, 0.5) is 0 Å². The molecular formula is C12H22N2OS. The summed E-state index contributed by atoms with van der Waals surface area (Å²) in [6.07, 6.45) is 1.79. The lowest BCUT2D eigenvalue weighted by molar-refractivity contribution is 0.256. The van der Waals surface area contributed by atoms with Gasteiger partial charge in [0.15, 0.2) is 0 Å². The van der Waals surface area contributed by atoms with Gasteiger partial charge >= 0.3 is 0 Å². The number of aliphatic hydroxyl groups excluding tert-OH is 1. The molecule has 0 radical (unpaired) electrons. The number of nitrogens with one attached hydrogen (secondary N) is 2. The van der Waals surface area contributed by atoms with Gasteiger partial charge in [-0.1, -0.05) is 26.1 Å². The summed E-state index contributed by atoms with van der Waals surface area (Å²) in [5, 5.41) is 16.1. The van der Waals surface area contributed by atoms with Crippen molar-refractivity contribution in [3.05, 3.63) is 11.4 Å². The molecule has 1 unspecified atom stereocenters. The second-order valence-corrected chi connectivity index (χ2v) is 4.99. The standard InChI is InChI=1S/C12H22N2OS/c1-4-13-9-10(12(16)11(9)15)14-7-5-6-8(2)3/h8,11,13-15H,4-7H2,1-3H3. The summed E-state index contributed by atoms with van der Waals surface area (Å²) in [6.45, 7) is 8.20. The molecule has 1 aliphatic rings. The lowest BCUT2D eigenvalue weighted by Gasteiger charge is -2.32. The molecule has 0 saturated heterocycles. The fraction of sp³-hybridized carbons (Fsp3) is 0.750. The van der Waals surface area contributed by atoms with E-state index in [4.69, 9.17) is 12.2 Å². The maximum absolute atomic E-state index is 9.62. The van der Waals surface area contributed by atoms with Crippen molar-refractivity contribution in [2.24, 2.45) is 5.92 Å². The first-order valence-corrected chi connectivity index (χ1v) is 6.43. The van der Waals surface area contributed by atoms with E-state index in [0.717, 1.165) is 36.8 Å². The smallest absolute Gasteiger partial charge is 0.133 e. The van der Waals surface area contributed by atoms with Crippen LogP contribution in [-0.4, -0.2) is 29.2 Å². The van der Waals surface area contributed by atoms with Gasteiger partial charge < -0.3 is 15.7 Å². The molecule has 1 rings (SSSR count). The fourth-order valence-electron chi connectivity index (χ4n) is 1.74. The van der Waals surface area contributed by atoms with E-state index < -0.39 is 6.10 Å². The molecule has 0 heterocycles. The first-order chi connectivity index (χ1) is 7.57. The predicted octanol–water partition coefficient (Wildman–Crippen LogP) is 1.58. The number of hydrogen-bond acceptors (Lipinski definition) is 4. The van der Waals surface area contributed by atoms with E-state index in [1.54, 1.807) is 0 Å². The topological polar surface area (TPSA) is 44.3 Å². The first kappa shape index (κ1) is 13.5. The molecule has 0 bridgehead atoms. The van der Waals surface area contributed by atoms with Crippen molar-refractivity contribution < 1.29 is 5.11 Å². The van der Waals surface area contributed by atoms with Gasteiger partial charge in [-0.15, -0.1) is 0 Å². The molecule has 0 aromatic heterocycles. The van der Waals surface area contributed by atoms with Crippen LogP contribution in [0.2, 0.25) is 0 Å². The lowest BCUT2D eigenvalue weighted by Crippen LogP contribution is -2.47. The van der Waals surface area contributed by atoms with E-state index >= 15 is 0 Å². The molecule has 0 fully saturated rings. The second-order valence-electron chi connectivity index (χ2n) is 4.55. The minimum absolute atomic E-state index is 0.567. The van der Waals surface area contributed by atoms with Gasteiger partial charge in [-0.25, -0.2) is 0 Å². The Labute approximate surface area is 103 Å². The summed E-state index contributed by atoms with van der Waals surface area (Å²) in [5.74, 6) is 0.739. The van der Waals surface area contributed by atoms with E-state index in [1.807, 2.05) is 6.92 Å². The molecule has 0 aromatic rings. The van der Waals surface area contributed by atoms with Gasteiger partial charge in [-0.3, -0.25) is 0 Å². The third-order valence-corrected chi connectivity index (χ3v) is 3.09. The third-order valence-electron chi connectivity index (χ3n) is 2.66. The number of rotatable bonds is 7. The molecule has 0 amide bonds. The highest BCUT2D eigenvalue weighted by atomic mass is 32.1. The zero-order chi connectivity index (χ0) is 12.1. The summed E-state index contributed by atoms with van der Waals surface area (Å²) in [5.41, 5.74) is 1.80. The molecule has 3 nitrogen and oxygen atoms in total. The van der Waals surface area contributed by atoms with Crippen molar-refractivity contribution in [3.8, 4) is 0 Å². The Morgan fingerprint density at radius 2 is 2.06 bits per heavy atom. The van der Waals surface area contributed by atoms with Crippen molar-refractivity contribution in [3.63, 3.8) is 0 Å². The molecule has 0 saturated carbocycles. The Morgan fingerprint density at radius 3 is 2.62 bits per heavy atom. The van der Waals surface area contributed by atoms with Crippen LogP contribution in [0.3, 0.4) is 0 Å². The molecule has 0 aromatic carbocycles. The summed E-state index contributed by atoms with van der Waals surface area (Å²) in [7, 11) is 0. The van der Waals surface area contributed by atoms with Crippen molar-refractivity contribution >= 4 is 17.1 Å². The summed E-state index contributed by atoms with van der Waals surface area (Å²) < 4.78 is 0. The van der Waals surface area contributed by atoms with Gasteiger partial charge in [0, 0.05) is 13.1 Å². The quantitative estimate of drug-likeness (QED) is 0.468. The average molecular weight is 242 g/mol. The van der Waals surface area contributed by atoms with Gasteiger partial charge in [0.2, 0.25) is 0 Å². The second kappa shape index (κ2) is 6.21. The molecule has 0 spiro atoms. The summed E-state index contributed by atoms with van der Waals surface area (Å²) >= 11 is 5.11. The minimum atomic E-state index is -0.567. The van der Waals surface area contributed by atoms with E-state index in [-0.39, 0.29) is 0 Å². The molecule has 3 N–H and O–H groups in total. The molecule has 0 aliphatic heterocycles.